The van der Waals surface area contributed by atoms with Crippen molar-refractivity contribution in [2.75, 3.05) is 32.4 Å². The van der Waals surface area contributed by atoms with Gasteiger partial charge < -0.3 is 10.2 Å². The summed E-state index contributed by atoms with van der Waals surface area (Å²) in [5, 5.41) is 13.9. The number of nitrogens with zero attached hydrogens (tertiary/aromatic N) is 2. The second-order valence-corrected chi connectivity index (χ2v) is 6.89. The van der Waals surface area contributed by atoms with E-state index in [-0.39, 0.29) is 17.2 Å². The lowest BCUT2D eigenvalue weighted by Gasteiger charge is -2.19. The number of likely N-dealkylation sites (tertiary alicyclic amines) is 1. The molecule has 1 N–H and O–H groups in total. The molecule has 1 saturated heterocycles. The number of nitro benzene ring substituents is 1. The average molecular weight is 351 g/mol. The molecule has 6 nitrogen and oxygen atoms in total. The van der Waals surface area contributed by atoms with Crippen LogP contribution in [-0.4, -0.2) is 48.2 Å². The highest BCUT2D eigenvalue weighted by atomic mass is 32.2. The minimum absolute atomic E-state index is 0.140. The summed E-state index contributed by atoms with van der Waals surface area (Å²) in [6.45, 7) is 3.77. The molecule has 7 heteroatoms. The Hall–Kier alpha value is -1.60. The smallest absolute Gasteiger partial charge is 0.282 e. The van der Waals surface area contributed by atoms with E-state index >= 15 is 0 Å². The van der Waals surface area contributed by atoms with E-state index in [4.69, 9.17) is 0 Å². The maximum Gasteiger partial charge on any atom is 0.282 e. The summed E-state index contributed by atoms with van der Waals surface area (Å²) in [4.78, 5) is 26.2. The number of hydrogen-bond donors (Lipinski definition) is 1. The number of rotatable bonds is 7. The summed E-state index contributed by atoms with van der Waals surface area (Å²) in [5.41, 5.74) is -0.000518. The molecule has 0 unspecified atom stereocenters. The van der Waals surface area contributed by atoms with Crippen molar-refractivity contribution >= 4 is 23.4 Å². The zero-order valence-corrected chi connectivity index (χ0v) is 14.9. The van der Waals surface area contributed by atoms with Crippen molar-refractivity contribution in [3.05, 3.63) is 33.9 Å². The molecule has 2 rings (SSSR count). The van der Waals surface area contributed by atoms with E-state index in [1.165, 1.54) is 43.5 Å². The zero-order chi connectivity index (χ0) is 17.4. The molecule has 0 aliphatic carbocycles. The third kappa shape index (κ3) is 5.49. The standard InChI is InChI=1S/C17H25N3O3S/c1-24-14-7-8-16(20(22)23)15(13-14)17(21)18-9-6-12-19-10-4-2-3-5-11-19/h7-8,13H,2-6,9-12H2,1H3,(H,18,21). The van der Waals surface area contributed by atoms with Gasteiger partial charge in [-0.15, -0.1) is 11.8 Å². The first kappa shape index (κ1) is 18.7. The molecule has 1 aliphatic rings. The van der Waals surface area contributed by atoms with E-state index in [9.17, 15) is 14.9 Å². The first-order valence-electron chi connectivity index (χ1n) is 8.45. The van der Waals surface area contributed by atoms with Gasteiger partial charge >= 0.3 is 0 Å². The van der Waals surface area contributed by atoms with Crippen LogP contribution in [0, 0.1) is 10.1 Å². The Morgan fingerprint density at radius 2 is 2.00 bits per heavy atom. The summed E-state index contributed by atoms with van der Waals surface area (Å²) in [6, 6.07) is 4.66. The Labute approximate surface area is 147 Å². The Balaban J connectivity index is 1.86. The van der Waals surface area contributed by atoms with Crippen LogP contribution in [0.1, 0.15) is 42.5 Å². The lowest BCUT2D eigenvalue weighted by Crippen LogP contribution is -2.30. The highest BCUT2D eigenvalue weighted by Gasteiger charge is 2.20. The van der Waals surface area contributed by atoms with Crippen LogP contribution in [-0.2, 0) is 0 Å². The Morgan fingerprint density at radius 1 is 1.29 bits per heavy atom. The summed E-state index contributed by atoms with van der Waals surface area (Å²) in [6.07, 6.45) is 7.86. The Kier molecular flexibility index (Phi) is 7.52. The molecule has 0 aromatic heterocycles. The quantitative estimate of drug-likeness (QED) is 0.353. The summed E-state index contributed by atoms with van der Waals surface area (Å²) in [7, 11) is 0. The van der Waals surface area contributed by atoms with Gasteiger partial charge in [-0.2, -0.15) is 0 Å². The lowest BCUT2D eigenvalue weighted by atomic mass is 10.1. The molecule has 1 aliphatic heterocycles. The molecule has 0 saturated carbocycles. The van der Waals surface area contributed by atoms with Crippen molar-refractivity contribution in [1.82, 2.24) is 10.2 Å². The monoisotopic (exact) mass is 351 g/mol. The fourth-order valence-corrected chi connectivity index (χ4v) is 3.38. The number of benzene rings is 1. The van der Waals surface area contributed by atoms with E-state index < -0.39 is 4.92 Å². The van der Waals surface area contributed by atoms with Gasteiger partial charge in [0.1, 0.15) is 5.56 Å². The van der Waals surface area contributed by atoms with Gasteiger partial charge in [0, 0.05) is 17.5 Å². The van der Waals surface area contributed by atoms with Crippen LogP contribution >= 0.6 is 11.8 Å². The number of nitrogens with one attached hydrogen (secondary N) is 1. The van der Waals surface area contributed by atoms with Gasteiger partial charge in [0.25, 0.3) is 11.6 Å². The number of nitro groups is 1. The first-order chi connectivity index (χ1) is 11.6. The molecule has 24 heavy (non-hydrogen) atoms. The van der Waals surface area contributed by atoms with Crippen LogP contribution in [0.4, 0.5) is 5.69 Å². The van der Waals surface area contributed by atoms with Crippen molar-refractivity contribution in [2.24, 2.45) is 0 Å². The van der Waals surface area contributed by atoms with E-state index in [2.05, 4.69) is 10.2 Å². The van der Waals surface area contributed by atoms with E-state index in [1.807, 2.05) is 6.26 Å². The van der Waals surface area contributed by atoms with Crippen LogP contribution in [0.15, 0.2) is 23.1 Å². The maximum absolute atomic E-state index is 12.3. The molecule has 1 heterocycles. The van der Waals surface area contributed by atoms with Crippen molar-refractivity contribution in [1.29, 1.82) is 0 Å². The van der Waals surface area contributed by atoms with Crippen molar-refractivity contribution < 1.29 is 9.72 Å². The highest BCUT2D eigenvalue weighted by Crippen LogP contribution is 2.24. The fourth-order valence-electron chi connectivity index (χ4n) is 2.94. The molecule has 0 spiro atoms. The van der Waals surface area contributed by atoms with Crippen molar-refractivity contribution in [2.45, 2.75) is 37.0 Å². The third-order valence-corrected chi connectivity index (χ3v) is 5.01. The second kappa shape index (κ2) is 9.64. The fraction of sp³-hybridized carbons (Fsp3) is 0.588. The summed E-state index contributed by atoms with van der Waals surface area (Å²) in [5.74, 6) is -0.367. The molecule has 1 amide bonds. The molecule has 1 fully saturated rings. The summed E-state index contributed by atoms with van der Waals surface area (Å²) < 4.78 is 0. The third-order valence-electron chi connectivity index (χ3n) is 4.28. The topological polar surface area (TPSA) is 75.5 Å². The zero-order valence-electron chi connectivity index (χ0n) is 14.1. The minimum Gasteiger partial charge on any atom is -0.352 e. The molecule has 0 atom stereocenters. The van der Waals surface area contributed by atoms with Gasteiger partial charge in [-0.3, -0.25) is 14.9 Å². The second-order valence-electron chi connectivity index (χ2n) is 6.01. The van der Waals surface area contributed by atoms with E-state index in [1.54, 1.807) is 12.1 Å². The molecule has 0 radical (unpaired) electrons. The van der Waals surface area contributed by atoms with Crippen LogP contribution in [0.3, 0.4) is 0 Å². The van der Waals surface area contributed by atoms with Crippen molar-refractivity contribution in [3.8, 4) is 0 Å². The minimum atomic E-state index is -0.504. The van der Waals surface area contributed by atoms with E-state index in [0.29, 0.717) is 6.54 Å². The van der Waals surface area contributed by atoms with E-state index in [0.717, 1.165) is 31.0 Å². The molecular formula is C17H25N3O3S. The largest absolute Gasteiger partial charge is 0.352 e. The first-order valence-corrected chi connectivity index (χ1v) is 9.67. The van der Waals surface area contributed by atoms with Gasteiger partial charge in [-0.05, 0) is 57.3 Å². The molecular weight excluding hydrogens is 326 g/mol. The van der Waals surface area contributed by atoms with Crippen LogP contribution in [0.25, 0.3) is 0 Å². The van der Waals surface area contributed by atoms with Crippen LogP contribution in [0.5, 0.6) is 0 Å². The van der Waals surface area contributed by atoms with Gasteiger partial charge in [0.2, 0.25) is 0 Å². The maximum atomic E-state index is 12.3. The SMILES string of the molecule is CSc1ccc([N+](=O)[O-])c(C(=O)NCCCN2CCCCCC2)c1. The Morgan fingerprint density at radius 3 is 2.62 bits per heavy atom. The molecule has 1 aromatic rings. The number of thioether (sulfide) groups is 1. The van der Waals surface area contributed by atoms with Crippen molar-refractivity contribution in [3.63, 3.8) is 0 Å². The predicted octanol–water partition coefficient (Wildman–Crippen LogP) is 3.31. The normalized spacial score (nSPS) is 15.7. The number of carbonyl (C=O) groups excluding carboxylic acids is 1. The van der Waals surface area contributed by atoms with Gasteiger partial charge in [0.05, 0.1) is 4.92 Å². The molecule has 132 valence electrons. The Bertz CT molecular complexity index is 572. The molecule has 0 bridgehead atoms. The van der Waals surface area contributed by atoms with Crippen LogP contribution in [0.2, 0.25) is 0 Å². The van der Waals surface area contributed by atoms with Gasteiger partial charge in [-0.25, -0.2) is 0 Å². The van der Waals surface area contributed by atoms with Crippen LogP contribution < -0.4 is 5.32 Å². The highest BCUT2D eigenvalue weighted by molar-refractivity contribution is 7.98. The number of carbonyl (C=O) groups is 1. The number of amides is 1. The average Bonchev–Trinajstić information content (AvgIpc) is 2.86. The number of hydrogen-bond acceptors (Lipinski definition) is 5. The lowest BCUT2D eigenvalue weighted by molar-refractivity contribution is -0.385. The predicted molar refractivity (Wildman–Crippen MR) is 96.7 cm³/mol. The van der Waals surface area contributed by atoms with Gasteiger partial charge in [0.15, 0.2) is 0 Å². The summed E-state index contributed by atoms with van der Waals surface area (Å²) >= 11 is 1.46. The van der Waals surface area contributed by atoms with Gasteiger partial charge in [-0.1, -0.05) is 12.8 Å². The molecule has 1 aromatic carbocycles.